The number of aryl methyl sites for hydroxylation is 1. The summed E-state index contributed by atoms with van der Waals surface area (Å²) >= 11 is 0. The van der Waals surface area contributed by atoms with Gasteiger partial charge in [-0.2, -0.15) is 0 Å². The summed E-state index contributed by atoms with van der Waals surface area (Å²) in [5.41, 5.74) is 7.08. The molecule has 0 fully saturated rings. The molecule has 0 aliphatic heterocycles. The maximum atomic E-state index is 11.5. The van der Waals surface area contributed by atoms with Crippen LogP contribution in [0.1, 0.15) is 6.92 Å². The van der Waals surface area contributed by atoms with Crippen molar-refractivity contribution in [1.29, 1.82) is 0 Å². The zero-order valence-electron chi connectivity index (χ0n) is 10.7. The zero-order chi connectivity index (χ0) is 13.1. The highest BCUT2D eigenvalue weighted by Gasteiger charge is 2.09. The van der Waals surface area contributed by atoms with Crippen LogP contribution in [0.5, 0.6) is 0 Å². The second-order valence-electron chi connectivity index (χ2n) is 4.12. The fourth-order valence-corrected chi connectivity index (χ4v) is 1.54. The van der Waals surface area contributed by atoms with Gasteiger partial charge in [0.2, 0.25) is 5.91 Å². The average molecular weight is 282 g/mol. The molecule has 1 amide bonds. The van der Waals surface area contributed by atoms with Crippen molar-refractivity contribution in [2.45, 2.75) is 13.0 Å². The van der Waals surface area contributed by atoms with Crippen molar-refractivity contribution in [3.8, 4) is 11.4 Å². The van der Waals surface area contributed by atoms with Gasteiger partial charge in [0.1, 0.15) is 6.33 Å². The van der Waals surface area contributed by atoms with Crippen molar-refractivity contribution in [2.24, 2.45) is 12.8 Å². The van der Waals surface area contributed by atoms with Gasteiger partial charge in [0, 0.05) is 18.3 Å². The van der Waals surface area contributed by atoms with E-state index in [1.807, 2.05) is 29.8 Å². The third-order valence-corrected chi connectivity index (χ3v) is 2.51. The predicted molar refractivity (Wildman–Crippen MR) is 76.0 cm³/mol. The van der Waals surface area contributed by atoms with Crippen LogP contribution in [0.25, 0.3) is 11.4 Å². The lowest BCUT2D eigenvalue weighted by molar-refractivity contribution is -0.117. The van der Waals surface area contributed by atoms with Gasteiger partial charge in [-0.3, -0.25) is 4.79 Å². The maximum Gasteiger partial charge on any atom is 0.240 e. The molecule has 3 N–H and O–H groups in total. The van der Waals surface area contributed by atoms with Gasteiger partial charge in [-0.1, -0.05) is 12.1 Å². The number of halogens is 1. The van der Waals surface area contributed by atoms with Crippen LogP contribution in [0, 0.1) is 0 Å². The lowest BCUT2D eigenvalue weighted by atomic mass is 10.2. The molecule has 0 aliphatic carbocycles. The molecule has 0 bridgehead atoms. The summed E-state index contributed by atoms with van der Waals surface area (Å²) in [5, 5.41) is 10.6. The Balaban J connectivity index is 0.00000180. The molecule has 19 heavy (non-hydrogen) atoms. The van der Waals surface area contributed by atoms with Crippen LogP contribution < -0.4 is 11.1 Å². The molecule has 0 saturated heterocycles. The number of carbonyl (C=O) groups excluding carboxylic acids is 1. The Kier molecular flexibility index (Phi) is 5.02. The number of anilines is 1. The number of hydrogen-bond acceptors (Lipinski definition) is 4. The highest BCUT2D eigenvalue weighted by Crippen LogP contribution is 2.19. The van der Waals surface area contributed by atoms with Gasteiger partial charge in [0.15, 0.2) is 5.82 Å². The van der Waals surface area contributed by atoms with E-state index in [0.717, 1.165) is 11.4 Å². The Morgan fingerprint density at radius 1 is 1.47 bits per heavy atom. The van der Waals surface area contributed by atoms with Crippen LogP contribution in [0.15, 0.2) is 30.6 Å². The van der Waals surface area contributed by atoms with Gasteiger partial charge in [-0.25, -0.2) is 0 Å². The number of nitrogens with one attached hydrogen (secondary N) is 1. The Bertz CT molecular complexity index is 567. The fourth-order valence-electron chi connectivity index (χ4n) is 1.54. The highest BCUT2D eigenvalue weighted by atomic mass is 35.5. The summed E-state index contributed by atoms with van der Waals surface area (Å²) in [6.07, 6.45) is 1.63. The van der Waals surface area contributed by atoms with Gasteiger partial charge in [-0.05, 0) is 19.1 Å². The number of hydrogen-bond donors (Lipinski definition) is 2. The lowest BCUT2D eigenvalue weighted by Gasteiger charge is -2.09. The Labute approximate surface area is 117 Å². The topological polar surface area (TPSA) is 85.8 Å². The molecule has 2 aromatic rings. The lowest BCUT2D eigenvalue weighted by Crippen LogP contribution is -2.32. The second kappa shape index (κ2) is 6.31. The molecule has 6 nitrogen and oxygen atoms in total. The predicted octanol–water partition coefficient (Wildman–Crippen LogP) is 1.19. The number of aromatic nitrogens is 3. The van der Waals surface area contributed by atoms with Crippen LogP contribution in [-0.2, 0) is 11.8 Å². The van der Waals surface area contributed by atoms with Gasteiger partial charge < -0.3 is 15.6 Å². The number of carbonyl (C=O) groups is 1. The molecule has 102 valence electrons. The average Bonchev–Trinajstić information content (AvgIpc) is 2.75. The van der Waals surface area contributed by atoms with Gasteiger partial charge in [-0.15, -0.1) is 22.6 Å². The van der Waals surface area contributed by atoms with Crippen LogP contribution >= 0.6 is 12.4 Å². The molecule has 1 heterocycles. The molecule has 0 aliphatic rings. The van der Waals surface area contributed by atoms with Gasteiger partial charge in [0.05, 0.1) is 6.04 Å². The smallest absolute Gasteiger partial charge is 0.240 e. The Morgan fingerprint density at radius 2 is 2.21 bits per heavy atom. The van der Waals surface area contributed by atoms with Crippen LogP contribution in [0.2, 0.25) is 0 Å². The minimum atomic E-state index is -0.538. The summed E-state index contributed by atoms with van der Waals surface area (Å²) in [5.74, 6) is 0.525. The molecule has 1 atom stereocenters. The van der Waals surface area contributed by atoms with E-state index in [1.165, 1.54) is 0 Å². The summed E-state index contributed by atoms with van der Waals surface area (Å²) in [7, 11) is 1.86. The first-order valence-electron chi connectivity index (χ1n) is 5.59. The van der Waals surface area contributed by atoms with Gasteiger partial charge >= 0.3 is 0 Å². The summed E-state index contributed by atoms with van der Waals surface area (Å²) in [4.78, 5) is 11.5. The maximum absolute atomic E-state index is 11.5. The third kappa shape index (κ3) is 3.52. The van der Waals surface area contributed by atoms with Crippen LogP contribution in [0.3, 0.4) is 0 Å². The molecule has 0 spiro atoms. The molecule has 2 rings (SSSR count). The number of nitrogens with zero attached hydrogens (tertiary/aromatic N) is 3. The normalized spacial score (nSPS) is 11.5. The molecule has 0 unspecified atom stereocenters. The van der Waals surface area contributed by atoms with Crippen molar-refractivity contribution in [1.82, 2.24) is 14.8 Å². The largest absolute Gasteiger partial charge is 0.325 e. The van der Waals surface area contributed by atoms with Crippen LogP contribution in [0.4, 0.5) is 5.69 Å². The van der Waals surface area contributed by atoms with Crippen molar-refractivity contribution < 1.29 is 4.79 Å². The minimum Gasteiger partial charge on any atom is -0.325 e. The minimum absolute atomic E-state index is 0. The van der Waals surface area contributed by atoms with Crippen molar-refractivity contribution >= 4 is 24.0 Å². The van der Waals surface area contributed by atoms with Crippen molar-refractivity contribution in [2.75, 3.05) is 5.32 Å². The molecule has 1 aromatic carbocycles. The summed E-state index contributed by atoms with van der Waals surface area (Å²) in [6, 6.07) is 6.86. The van der Waals surface area contributed by atoms with E-state index in [-0.39, 0.29) is 18.3 Å². The first-order valence-corrected chi connectivity index (χ1v) is 5.59. The highest BCUT2D eigenvalue weighted by molar-refractivity contribution is 5.94. The standard InChI is InChI=1S/C12H15N5O.ClH/c1-8(13)12(18)15-10-5-3-4-9(6-10)11-16-14-7-17(11)2;/h3-8H,13H2,1-2H3,(H,15,18);1H/t8-;/m1./s1. The van der Waals surface area contributed by atoms with E-state index in [0.29, 0.717) is 5.69 Å². The SMILES string of the molecule is C[C@@H](N)C(=O)Nc1cccc(-c2nncn2C)c1.Cl. The van der Waals surface area contributed by atoms with E-state index in [1.54, 1.807) is 19.3 Å². The first kappa shape index (κ1) is 15.1. The number of amides is 1. The third-order valence-electron chi connectivity index (χ3n) is 2.51. The van der Waals surface area contributed by atoms with E-state index in [9.17, 15) is 4.79 Å². The molecule has 7 heteroatoms. The monoisotopic (exact) mass is 281 g/mol. The number of nitrogens with two attached hydrogens (primary N) is 1. The fraction of sp³-hybridized carbons (Fsp3) is 0.250. The summed E-state index contributed by atoms with van der Waals surface area (Å²) < 4.78 is 1.81. The molecule has 1 aromatic heterocycles. The van der Waals surface area contributed by atoms with Crippen molar-refractivity contribution in [3.63, 3.8) is 0 Å². The Morgan fingerprint density at radius 3 is 2.79 bits per heavy atom. The van der Waals surface area contributed by atoms with E-state index < -0.39 is 6.04 Å². The quantitative estimate of drug-likeness (QED) is 0.885. The van der Waals surface area contributed by atoms with Crippen molar-refractivity contribution in [3.05, 3.63) is 30.6 Å². The second-order valence-corrected chi connectivity index (χ2v) is 4.12. The number of benzene rings is 1. The summed E-state index contributed by atoms with van der Waals surface area (Å²) in [6.45, 7) is 1.64. The van der Waals surface area contributed by atoms with E-state index in [2.05, 4.69) is 15.5 Å². The van der Waals surface area contributed by atoms with Crippen LogP contribution in [-0.4, -0.2) is 26.7 Å². The Hall–Kier alpha value is -1.92. The van der Waals surface area contributed by atoms with E-state index in [4.69, 9.17) is 5.73 Å². The molecular weight excluding hydrogens is 266 g/mol. The van der Waals surface area contributed by atoms with Gasteiger partial charge in [0.25, 0.3) is 0 Å². The first-order chi connectivity index (χ1) is 8.58. The molecular formula is C12H16ClN5O. The molecule has 0 saturated carbocycles. The molecule has 0 radical (unpaired) electrons. The zero-order valence-corrected chi connectivity index (χ0v) is 11.5. The number of rotatable bonds is 3. The van der Waals surface area contributed by atoms with E-state index >= 15 is 0 Å².